The van der Waals surface area contributed by atoms with E-state index >= 15 is 0 Å². The molecule has 0 unspecified atom stereocenters. The first kappa shape index (κ1) is 26.2. The fourth-order valence-electron chi connectivity index (χ4n) is 4.99. The van der Waals surface area contributed by atoms with Crippen molar-refractivity contribution in [3.8, 4) is 17.2 Å². The SMILES string of the molecule is COc1ccc2cc1OCC(=O)NCc1ccc(cc1)O[C@H]1CN(C(=O)c3ccc4nc(C)oc4c3)C[C@@H]1NC2=O. The van der Waals surface area contributed by atoms with Crippen molar-refractivity contribution in [2.24, 2.45) is 0 Å². The molecular formula is C30H28N4O7. The van der Waals surface area contributed by atoms with Gasteiger partial charge in [-0.2, -0.15) is 0 Å². The number of oxazole rings is 1. The zero-order valence-corrected chi connectivity index (χ0v) is 22.5. The lowest BCUT2D eigenvalue weighted by atomic mass is 10.1. The molecule has 0 aliphatic carbocycles. The number of hydrogen-bond acceptors (Lipinski definition) is 8. The number of likely N-dealkylation sites (tertiary alicyclic amines) is 1. The zero-order chi connectivity index (χ0) is 28.5. The second-order valence-corrected chi connectivity index (χ2v) is 9.94. The topological polar surface area (TPSA) is 132 Å². The molecule has 210 valence electrons. The molecule has 3 aromatic carbocycles. The van der Waals surface area contributed by atoms with Crippen molar-refractivity contribution in [3.05, 3.63) is 83.2 Å². The number of rotatable bonds is 2. The van der Waals surface area contributed by atoms with E-state index in [0.717, 1.165) is 5.56 Å². The number of hydrogen-bond donors (Lipinski definition) is 2. The second-order valence-electron chi connectivity index (χ2n) is 9.94. The van der Waals surface area contributed by atoms with Crippen molar-refractivity contribution in [1.29, 1.82) is 0 Å². The van der Waals surface area contributed by atoms with Gasteiger partial charge in [-0.3, -0.25) is 14.4 Å². The monoisotopic (exact) mass is 556 g/mol. The first-order valence-corrected chi connectivity index (χ1v) is 13.2. The first-order valence-electron chi connectivity index (χ1n) is 13.2. The first-order chi connectivity index (χ1) is 19.9. The van der Waals surface area contributed by atoms with E-state index in [1.807, 2.05) is 12.1 Å². The summed E-state index contributed by atoms with van der Waals surface area (Å²) < 4.78 is 23.0. The molecule has 0 radical (unpaired) electrons. The number of nitrogens with one attached hydrogen (secondary N) is 2. The van der Waals surface area contributed by atoms with E-state index < -0.39 is 12.1 Å². The zero-order valence-electron chi connectivity index (χ0n) is 22.5. The molecule has 2 atom stereocenters. The van der Waals surface area contributed by atoms with Crippen LogP contribution in [0.2, 0.25) is 0 Å². The van der Waals surface area contributed by atoms with Gasteiger partial charge in [0.1, 0.15) is 17.4 Å². The Balaban J connectivity index is 1.30. The van der Waals surface area contributed by atoms with Gasteiger partial charge in [-0.1, -0.05) is 12.1 Å². The molecule has 11 heteroatoms. The molecule has 11 nitrogen and oxygen atoms in total. The number of aryl methyl sites for hydroxylation is 1. The van der Waals surface area contributed by atoms with Crippen LogP contribution >= 0.6 is 0 Å². The molecule has 3 aliphatic heterocycles. The normalized spacial score (nSPS) is 19.0. The predicted octanol–water partition coefficient (Wildman–Crippen LogP) is 2.86. The van der Waals surface area contributed by atoms with Crippen molar-refractivity contribution in [2.45, 2.75) is 25.6 Å². The Morgan fingerprint density at radius 2 is 1.88 bits per heavy atom. The summed E-state index contributed by atoms with van der Waals surface area (Å²) in [6.45, 7) is 2.31. The van der Waals surface area contributed by atoms with Crippen LogP contribution in [0.15, 0.2) is 65.1 Å². The Bertz CT molecular complexity index is 1630. The van der Waals surface area contributed by atoms with Gasteiger partial charge < -0.3 is 34.2 Å². The number of carbonyl (C=O) groups is 3. The summed E-state index contributed by atoms with van der Waals surface area (Å²) in [6.07, 6.45) is -0.519. The largest absolute Gasteiger partial charge is 0.493 e. The maximum absolute atomic E-state index is 13.5. The lowest BCUT2D eigenvalue weighted by Crippen LogP contribution is -2.45. The van der Waals surface area contributed by atoms with Crippen molar-refractivity contribution >= 4 is 28.8 Å². The highest BCUT2D eigenvalue weighted by Gasteiger charge is 2.38. The third kappa shape index (κ3) is 5.51. The summed E-state index contributed by atoms with van der Waals surface area (Å²) in [5.74, 6) is 0.846. The summed E-state index contributed by atoms with van der Waals surface area (Å²) >= 11 is 0. The van der Waals surface area contributed by atoms with Crippen LogP contribution < -0.4 is 24.8 Å². The van der Waals surface area contributed by atoms with Crippen LogP contribution in [-0.4, -0.2) is 66.6 Å². The molecule has 41 heavy (non-hydrogen) atoms. The molecule has 4 aromatic rings. The van der Waals surface area contributed by atoms with Crippen LogP contribution in [0.5, 0.6) is 17.2 Å². The van der Waals surface area contributed by atoms with Gasteiger partial charge in [0.2, 0.25) is 0 Å². The summed E-state index contributed by atoms with van der Waals surface area (Å²) in [5, 5.41) is 5.84. The Morgan fingerprint density at radius 3 is 2.68 bits per heavy atom. The third-order valence-electron chi connectivity index (χ3n) is 7.10. The van der Waals surface area contributed by atoms with E-state index in [-0.39, 0.29) is 43.2 Å². The van der Waals surface area contributed by atoms with E-state index in [1.54, 1.807) is 54.3 Å². The lowest BCUT2D eigenvalue weighted by Gasteiger charge is -2.21. The fourth-order valence-corrected chi connectivity index (χ4v) is 4.99. The molecule has 7 rings (SSSR count). The van der Waals surface area contributed by atoms with Crippen molar-refractivity contribution < 1.29 is 33.0 Å². The summed E-state index contributed by atoms with van der Waals surface area (Å²) in [7, 11) is 1.48. The summed E-state index contributed by atoms with van der Waals surface area (Å²) in [5.41, 5.74) is 2.85. The quantitative estimate of drug-likeness (QED) is 0.385. The maximum atomic E-state index is 13.5. The van der Waals surface area contributed by atoms with Crippen LogP contribution in [-0.2, 0) is 11.3 Å². The highest BCUT2D eigenvalue weighted by molar-refractivity contribution is 5.98. The van der Waals surface area contributed by atoms with E-state index in [4.69, 9.17) is 18.6 Å². The minimum atomic E-state index is -0.519. The van der Waals surface area contributed by atoms with Crippen LogP contribution in [0, 0.1) is 6.92 Å². The molecule has 0 saturated carbocycles. The molecule has 4 heterocycles. The van der Waals surface area contributed by atoms with Gasteiger partial charge >= 0.3 is 0 Å². The Labute approximate surface area is 235 Å². The van der Waals surface area contributed by atoms with Crippen LogP contribution in [0.1, 0.15) is 32.2 Å². The minimum absolute atomic E-state index is 0.209. The molecule has 1 fully saturated rings. The van der Waals surface area contributed by atoms with Gasteiger partial charge in [0.15, 0.2) is 29.6 Å². The number of nitrogens with zero attached hydrogens (tertiary/aromatic N) is 2. The van der Waals surface area contributed by atoms with Crippen LogP contribution in [0.4, 0.5) is 0 Å². The minimum Gasteiger partial charge on any atom is -0.493 e. The second kappa shape index (κ2) is 10.8. The lowest BCUT2D eigenvalue weighted by molar-refractivity contribution is -0.123. The highest BCUT2D eigenvalue weighted by Crippen LogP contribution is 2.29. The number of amides is 3. The number of methoxy groups -OCH3 is 1. The van der Waals surface area contributed by atoms with E-state index in [2.05, 4.69) is 15.6 Å². The molecule has 1 saturated heterocycles. The average Bonchev–Trinajstić information content (AvgIpc) is 3.56. The molecule has 0 spiro atoms. The van der Waals surface area contributed by atoms with Crippen LogP contribution in [0.25, 0.3) is 11.1 Å². The van der Waals surface area contributed by atoms with Crippen molar-refractivity contribution in [2.75, 3.05) is 26.8 Å². The highest BCUT2D eigenvalue weighted by atomic mass is 16.5. The van der Waals surface area contributed by atoms with E-state index in [0.29, 0.717) is 46.2 Å². The van der Waals surface area contributed by atoms with Gasteiger partial charge in [0, 0.05) is 31.1 Å². The maximum Gasteiger partial charge on any atom is 0.258 e. The van der Waals surface area contributed by atoms with Gasteiger partial charge in [-0.25, -0.2) is 4.98 Å². The third-order valence-corrected chi connectivity index (χ3v) is 7.10. The van der Waals surface area contributed by atoms with Gasteiger partial charge in [0.25, 0.3) is 17.7 Å². The van der Waals surface area contributed by atoms with Crippen molar-refractivity contribution in [3.63, 3.8) is 0 Å². The Hall–Kier alpha value is -5.06. The van der Waals surface area contributed by atoms with Gasteiger partial charge in [-0.05, 0) is 54.1 Å². The molecule has 3 amide bonds. The smallest absolute Gasteiger partial charge is 0.258 e. The number of aromatic nitrogens is 1. The Kier molecular flexibility index (Phi) is 6.92. The predicted molar refractivity (Wildman–Crippen MR) is 147 cm³/mol. The summed E-state index contributed by atoms with van der Waals surface area (Å²) in [4.78, 5) is 45.2. The average molecular weight is 557 g/mol. The van der Waals surface area contributed by atoms with Gasteiger partial charge in [0.05, 0.1) is 19.7 Å². The number of fused-ring (bicyclic) bond motifs is 8. The summed E-state index contributed by atoms with van der Waals surface area (Å²) in [6, 6.07) is 16.7. The standard InChI is InChI=1S/C30H28N4O7/c1-17-32-22-9-5-20(12-25(22)40-17)30(37)34-14-23-27(15-34)41-21-7-3-18(4-8-21)13-31-28(35)16-39-26-11-19(29(36)33-23)6-10-24(26)38-2/h3-12,23,27H,13-16H2,1-2H3,(H,31,35)(H,33,36)/t23-,27-/m0/s1. The fraction of sp³-hybridized carbons (Fsp3) is 0.267. The molecule has 1 aromatic heterocycles. The molecule has 4 bridgehead atoms. The molecule has 3 aliphatic rings. The van der Waals surface area contributed by atoms with Crippen LogP contribution in [0.3, 0.4) is 0 Å². The molecule has 2 N–H and O–H groups in total. The van der Waals surface area contributed by atoms with E-state index in [1.165, 1.54) is 13.2 Å². The van der Waals surface area contributed by atoms with Gasteiger partial charge in [-0.15, -0.1) is 0 Å². The number of benzene rings is 3. The number of ether oxygens (including phenoxy) is 3. The molecular weight excluding hydrogens is 528 g/mol. The van der Waals surface area contributed by atoms with Crippen molar-refractivity contribution in [1.82, 2.24) is 20.5 Å². The Morgan fingerprint density at radius 1 is 1.05 bits per heavy atom. The van der Waals surface area contributed by atoms with E-state index in [9.17, 15) is 14.4 Å². The number of carbonyl (C=O) groups excluding carboxylic acids is 3.